The maximum atomic E-state index is 11.8. The van der Waals surface area contributed by atoms with E-state index in [1.807, 2.05) is 54.6 Å². The van der Waals surface area contributed by atoms with Gasteiger partial charge in [0.05, 0.1) is 12.5 Å². The van der Waals surface area contributed by atoms with Gasteiger partial charge in [0, 0.05) is 29.1 Å². The topological polar surface area (TPSA) is 90.1 Å². The van der Waals surface area contributed by atoms with Crippen LogP contribution in [0.15, 0.2) is 60.7 Å². The first-order valence-corrected chi connectivity index (χ1v) is 10.7. The second-order valence-electron chi connectivity index (χ2n) is 7.41. The SMILES string of the molecule is Cn1nnnc1C(/C=C/[C@@H]1C[C@@H](O)CC(=O)O1)=C(c1ccc(Cl)cc1)c1ccc(Cl)cc1. The number of tetrazole rings is 1. The van der Waals surface area contributed by atoms with E-state index >= 15 is 0 Å². The van der Waals surface area contributed by atoms with Gasteiger partial charge in [0.2, 0.25) is 0 Å². The van der Waals surface area contributed by atoms with Crippen LogP contribution in [-0.4, -0.2) is 43.5 Å². The van der Waals surface area contributed by atoms with E-state index in [1.54, 1.807) is 17.8 Å². The highest BCUT2D eigenvalue weighted by Crippen LogP contribution is 2.34. The molecule has 1 fully saturated rings. The lowest BCUT2D eigenvalue weighted by atomic mass is 9.91. The number of hydrogen-bond donors (Lipinski definition) is 1. The Morgan fingerprint density at radius 2 is 1.69 bits per heavy atom. The molecule has 0 bridgehead atoms. The molecule has 1 aromatic heterocycles. The molecule has 1 aliphatic heterocycles. The second kappa shape index (κ2) is 9.65. The van der Waals surface area contributed by atoms with Gasteiger partial charge in [-0.05, 0) is 57.5 Å². The van der Waals surface area contributed by atoms with Gasteiger partial charge >= 0.3 is 5.97 Å². The first kappa shape index (κ1) is 22.2. The van der Waals surface area contributed by atoms with Gasteiger partial charge in [0.15, 0.2) is 5.82 Å². The zero-order valence-corrected chi connectivity index (χ0v) is 18.7. The summed E-state index contributed by atoms with van der Waals surface area (Å²) >= 11 is 12.2. The van der Waals surface area contributed by atoms with E-state index in [1.165, 1.54) is 0 Å². The normalized spacial score (nSPS) is 18.6. The molecule has 164 valence electrons. The largest absolute Gasteiger partial charge is 0.458 e. The molecule has 3 aromatic rings. The Balaban J connectivity index is 1.90. The second-order valence-corrected chi connectivity index (χ2v) is 8.28. The standard InChI is InChI=1S/C23H20Cl2N4O3/c1-29-23(26-27-28-29)20(11-10-19-12-18(30)13-21(31)32-19)22(14-2-6-16(24)7-3-14)15-4-8-17(25)9-5-15/h2-11,18-19,30H,12-13H2,1H3/b11-10+/t18-,19-/m1/s1. The number of hydrogen-bond acceptors (Lipinski definition) is 6. The molecule has 1 N–H and O–H groups in total. The summed E-state index contributed by atoms with van der Waals surface area (Å²) in [6.45, 7) is 0. The molecule has 32 heavy (non-hydrogen) atoms. The van der Waals surface area contributed by atoms with E-state index in [0.717, 1.165) is 16.7 Å². The van der Waals surface area contributed by atoms with E-state index < -0.39 is 18.2 Å². The van der Waals surface area contributed by atoms with Crippen LogP contribution in [0.1, 0.15) is 29.8 Å². The summed E-state index contributed by atoms with van der Waals surface area (Å²) in [7, 11) is 1.74. The van der Waals surface area contributed by atoms with E-state index in [-0.39, 0.29) is 6.42 Å². The number of aliphatic hydroxyl groups is 1. The first-order chi connectivity index (χ1) is 15.4. The monoisotopic (exact) mass is 470 g/mol. The molecule has 7 nitrogen and oxygen atoms in total. The molecule has 0 radical (unpaired) electrons. The van der Waals surface area contributed by atoms with Gasteiger partial charge in [-0.25, -0.2) is 4.68 Å². The fourth-order valence-corrected chi connectivity index (χ4v) is 3.82. The van der Waals surface area contributed by atoms with Crippen molar-refractivity contribution in [3.63, 3.8) is 0 Å². The Morgan fingerprint density at radius 1 is 1.09 bits per heavy atom. The van der Waals surface area contributed by atoms with Crippen molar-refractivity contribution in [1.29, 1.82) is 0 Å². The van der Waals surface area contributed by atoms with Crippen molar-refractivity contribution >= 4 is 40.3 Å². The summed E-state index contributed by atoms with van der Waals surface area (Å²) in [4.78, 5) is 11.8. The van der Waals surface area contributed by atoms with Crippen LogP contribution >= 0.6 is 23.2 Å². The van der Waals surface area contributed by atoms with Crippen LogP contribution in [0.2, 0.25) is 10.0 Å². The van der Waals surface area contributed by atoms with Gasteiger partial charge in [-0.15, -0.1) is 5.10 Å². The molecule has 2 aromatic carbocycles. The van der Waals surface area contributed by atoms with E-state index in [2.05, 4.69) is 15.5 Å². The van der Waals surface area contributed by atoms with Gasteiger partial charge in [-0.2, -0.15) is 0 Å². The number of nitrogens with zero attached hydrogens (tertiary/aromatic N) is 4. The Hall–Kier alpha value is -3.00. The highest BCUT2D eigenvalue weighted by molar-refractivity contribution is 6.31. The van der Waals surface area contributed by atoms with Crippen LogP contribution in [0, 0.1) is 0 Å². The van der Waals surface area contributed by atoms with Gasteiger partial charge in [-0.1, -0.05) is 53.5 Å². The summed E-state index contributed by atoms with van der Waals surface area (Å²) in [5.74, 6) is 0.0868. The minimum Gasteiger partial charge on any atom is -0.458 e. The zero-order chi connectivity index (χ0) is 22.7. The van der Waals surface area contributed by atoms with Crippen LogP contribution in [0.3, 0.4) is 0 Å². The molecule has 0 saturated carbocycles. The third-order valence-corrected chi connectivity index (χ3v) is 5.57. The number of esters is 1. The van der Waals surface area contributed by atoms with Crippen LogP contribution in [0.5, 0.6) is 0 Å². The minimum absolute atomic E-state index is 0.00103. The molecule has 1 aliphatic rings. The predicted octanol–water partition coefficient (Wildman–Crippen LogP) is 4.10. The molecular formula is C23H20Cl2N4O3. The maximum absolute atomic E-state index is 11.8. The number of aryl methyl sites for hydroxylation is 1. The quantitative estimate of drug-likeness (QED) is 0.445. The van der Waals surface area contributed by atoms with Crippen molar-refractivity contribution in [2.75, 3.05) is 0 Å². The lowest BCUT2D eigenvalue weighted by molar-refractivity contribution is -0.156. The third-order valence-electron chi connectivity index (χ3n) is 5.06. The number of halogens is 2. The van der Waals surface area contributed by atoms with Gasteiger partial charge in [-0.3, -0.25) is 4.79 Å². The lowest BCUT2D eigenvalue weighted by Crippen LogP contribution is -2.31. The van der Waals surface area contributed by atoms with Crippen molar-refractivity contribution in [1.82, 2.24) is 20.2 Å². The molecule has 1 saturated heterocycles. The Kier molecular flexibility index (Phi) is 6.69. The molecular weight excluding hydrogens is 451 g/mol. The molecule has 9 heteroatoms. The fraction of sp³-hybridized carbons (Fsp3) is 0.217. The number of aliphatic hydroxyl groups excluding tert-OH is 1. The first-order valence-electron chi connectivity index (χ1n) is 9.95. The summed E-state index contributed by atoms with van der Waals surface area (Å²) < 4.78 is 6.94. The van der Waals surface area contributed by atoms with Crippen LogP contribution < -0.4 is 0 Å². The molecule has 0 spiro atoms. The highest BCUT2D eigenvalue weighted by Gasteiger charge is 2.26. The Morgan fingerprint density at radius 3 is 2.19 bits per heavy atom. The number of allylic oxidation sites excluding steroid dienone is 2. The number of benzene rings is 2. The van der Waals surface area contributed by atoms with E-state index in [0.29, 0.717) is 27.9 Å². The Labute approximate surface area is 194 Å². The third kappa shape index (κ3) is 5.07. The molecule has 4 rings (SSSR count). The maximum Gasteiger partial charge on any atom is 0.309 e. The molecule has 2 atom stereocenters. The smallest absolute Gasteiger partial charge is 0.309 e. The van der Waals surface area contributed by atoms with Crippen molar-refractivity contribution in [2.45, 2.75) is 25.0 Å². The molecule has 0 amide bonds. The number of carbonyl (C=O) groups is 1. The Bertz CT molecular complexity index is 1120. The summed E-state index contributed by atoms with van der Waals surface area (Å²) in [6.07, 6.45) is 2.60. The number of rotatable bonds is 5. The summed E-state index contributed by atoms with van der Waals surface area (Å²) in [6, 6.07) is 14.9. The van der Waals surface area contributed by atoms with Gasteiger partial charge in [0.25, 0.3) is 0 Å². The molecule has 0 unspecified atom stereocenters. The number of cyclic esters (lactones) is 1. The lowest BCUT2D eigenvalue weighted by Gasteiger charge is -2.23. The highest BCUT2D eigenvalue weighted by atomic mass is 35.5. The average Bonchev–Trinajstić information content (AvgIpc) is 3.18. The zero-order valence-electron chi connectivity index (χ0n) is 17.2. The van der Waals surface area contributed by atoms with Crippen molar-refractivity contribution < 1.29 is 14.6 Å². The van der Waals surface area contributed by atoms with Crippen LogP contribution in [0.25, 0.3) is 11.1 Å². The van der Waals surface area contributed by atoms with Crippen LogP contribution in [0.4, 0.5) is 0 Å². The average molecular weight is 471 g/mol. The number of aromatic nitrogens is 4. The van der Waals surface area contributed by atoms with E-state index in [9.17, 15) is 9.90 Å². The minimum atomic E-state index is -0.734. The molecule has 0 aliphatic carbocycles. The van der Waals surface area contributed by atoms with Crippen molar-refractivity contribution in [3.05, 3.63) is 87.7 Å². The fourth-order valence-electron chi connectivity index (χ4n) is 3.57. The van der Waals surface area contributed by atoms with Gasteiger partial charge in [0.1, 0.15) is 6.10 Å². The van der Waals surface area contributed by atoms with E-state index in [4.69, 9.17) is 27.9 Å². The predicted molar refractivity (Wildman–Crippen MR) is 122 cm³/mol. The summed E-state index contributed by atoms with van der Waals surface area (Å²) in [5, 5.41) is 23.1. The summed E-state index contributed by atoms with van der Waals surface area (Å²) in [5.41, 5.74) is 3.33. The molecule has 2 heterocycles. The van der Waals surface area contributed by atoms with Gasteiger partial charge < -0.3 is 9.84 Å². The van der Waals surface area contributed by atoms with Crippen molar-refractivity contribution in [2.24, 2.45) is 7.05 Å². The number of carbonyl (C=O) groups excluding carboxylic acids is 1. The van der Waals surface area contributed by atoms with Crippen molar-refractivity contribution in [3.8, 4) is 0 Å². The van der Waals surface area contributed by atoms with Crippen LogP contribution in [-0.2, 0) is 16.6 Å². The number of ether oxygens (including phenoxy) is 1.